The molecule has 3 amide bonds. The Balaban J connectivity index is 2.13. The van der Waals surface area contributed by atoms with Gasteiger partial charge < -0.3 is 15.5 Å². The van der Waals surface area contributed by atoms with Gasteiger partial charge in [0, 0.05) is 25.7 Å². The molecule has 0 radical (unpaired) electrons. The van der Waals surface area contributed by atoms with Gasteiger partial charge in [-0.2, -0.15) is 0 Å². The summed E-state index contributed by atoms with van der Waals surface area (Å²) >= 11 is 0. The molecule has 0 spiro atoms. The van der Waals surface area contributed by atoms with Crippen LogP contribution >= 0.6 is 0 Å². The number of halogens is 1. The van der Waals surface area contributed by atoms with Crippen LogP contribution in [0.25, 0.3) is 0 Å². The molecule has 1 aromatic rings. The Labute approximate surface area is 134 Å². The van der Waals surface area contributed by atoms with Crippen molar-refractivity contribution in [3.05, 3.63) is 29.6 Å². The van der Waals surface area contributed by atoms with Gasteiger partial charge in [0.2, 0.25) is 17.7 Å². The smallest absolute Gasteiger partial charge is 0.239 e. The van der Waals surface area contributed by atoms with E-state index >= 15 is 0 Å². The fourth-order valence-corrected chi connectivity index (χ4v) is 2.54. The monoisotopic (exact) mass is 321 g/mol. The summed E-state index contributed by atoms with van der Waals surface area (Å²) in [5, 5.41) is 5.26. The van der Waals surface area contributed by atoms with Crippen LogP contribution in [0.2, 0.25) is 0 Å². The number of carbonyl (C=O) groups is 3. The van der Waals surface area contributed by atoms with Crippen LogP contribution < -0.4 is 10.6 Å². The zero-order valence-corrected chi connectivity index (χ0v) is 13.2. The summed E-state index contributed by atoms with van der Waals surface area (Å²) in [6, 6.07) is 3.95. The number of likely N-dealkylation sites (N-methyl/N-ethyl adjacent to an activating group) is 1. The van der Waals surface area contributed by atoms with Gasteiger partial charge in [-0.25, -0.2) is 4.39 Å². The van der Waals surface area contributed by atoms with Crippen molar-refractivity contribution in [1.29, 1.82) is 0 Å². The van der Waals surface area contributed by atoms with E-state index in [0.29, 0.717) is 17.8 Å². The van der Waals surface area contributed by atoms with Crippen molar-refractivity contribution in [2.75, 3.05) is 25.5 Å². The van der Waals surface area contributed by atoms with E-state index in [2.05, 4.69) is 10.6 Å². The molecule has 2 N–H and O–H groups in total. The maximum Gasteiger partial charge on any atom is 0.239 e. The van der Waals surface area contributed by atoms with Gasteiger partial charge >= 0.3 is 0 Å². The van der Waals surface area contributed by atoms with Gasteiger partial charge in [-0.1, -0.05) is 13.0 Å². The average Bonchev–Trinajstić information content (AvgIpc) is 2.50. The highest BCUT2D eigenvalue weighted by molar-refractivity contribution is 6.01. The van der Waals surface area contributed by atoms with Gasteiger partial charge in [0.15, 0.2) is 0 Å². The molecule has 0 saturated carbocycles. The SMILES string of the molecule is CCCNC(=O)CN(C)C(=O)C1CC(=O)Nc2cc(F)ccc21. The van der Waals surface area contributed by atoms with Gasteiger partial charge in [-0.3, -0.25) is 14.4 Å². The van der Waals surface area contributed by atoms with Gasteiger partial charge in [0.1, 0.15) is 5.82 Å². The second-order valence-corrected chi connectivity index (χ2v) is 5.58. The van der Waals surface area contributed by atoms with Gasteiger partial charge in [-0.15, -0.1) is 0 Å². The number of benzene rings is 1. The standard InChI is InChI=1S/C16H20FN3O3/c1-3-6-18-15(22)9-20(2)16(23)12-8-14(21)19-13-7-10(17)4-5-11(12)13/h4-5,7,12H,3,6,8-9H2,1-2H3,(H,18,22)(H,19,21). The van der Waals surface area contributed by atoms with E-state index in [1.165, 1.54) is 30.1 Å². The second-order valence-electron chi connectivity index (χ2n) is 5.58. The molecule has 1 aliphatic rings. The predicted molar refractivity (Wildman–Crippen MR) is 83.3 cm³/mol. The minimum atomic E-state index is -0.705. The fourth-order valence-electron chi connectivity index (χ4n) is 2.54. The largest absolute Gasteiger partial charge is 0.355 e. The highest BCUT2D eigenvalue weighted by atomic mass is 19.1. The average molecular weight is 321 g/mol. The van der Waals surface area contributed by atoms with E-state index in [-0.39, 0.29) is 30.7 Å². The van der Waals surface area contributed by atoms with E-state index in [1.54, 1.807) is 0 Å². The Morgan fingerprint density at radius 3 is 2.87 bits per heavy atom. The lowest BCUT2D eigenvalue weighted by Crippen LogP contribution is -2.42. The number of nitrogens with one attached hydrogen (secondary N) is 2. The summed E-state index contributed by atoms with van der Waals surface area (Å²) in [7, 11) is 1.52. The number of hydrogen-bond donors (Lipinski definition) is 2. The Bertz CT molecular complexity index is 633. The van der Waals surface area contributed by atoms with Crippen molar-refractivity contribution in [2.24, 2.45) is 0 Å². The number of carbonyl (C=O) groups excluding carboxylic acids is 3. The molecule has 23 heavy (non-hydrogen) atoms. The lowest BCUT2D eigenvalue weighted by Gasteiger charge is -2.28. The molecular weight excluding hydrogens is 301 g/mol. The van der Waals surface area contributed by atoms with Crippen LogP contribution in [0.1, 0.15) is 31.2 Å². The topological polar surface area (TPSA) is 78.5 Å². The minimum Gasteiger partial charge on any atom is -0.355 e. The van der Waals surface area contributed by atoms with Crippen molar-refractivity contribution >= 4 is 23.4 Å². The first kappa shape index (κ1) is 16.9. The maximum absolute atomic E-state index is 13.3. The van der Waals surface area contributed by atoms with Crippen LogP contribution in [0.15, 0.2) is 18.2 Å². The minimum absolute atomic E-state index is 0.0155. The lowest BCUT2D eigenvalue weighted by atomic mass is 9.89. The number of amides is 3. The molecule has 0 aromatic heterocycles. The summed E-state index contributed by atoms with van der Waals surface area (Å²) < 4.78 is 13.3. The predicted octanol–water partition coefficient (Wildman–Crippen LogP) is 1.24. The molecule has 2 rings (SSSR count). The Morgan fingerprint density at radius 2 is 2.17 bits per heavy atom. The molecule has 0 saturated heterocycles. The zero-order chi connectivity index (χ0) is 17.0. The van der Waals surface area contributed by atoms with Crippen molar-refractivity contribution < 1.29 is 18.8 Å². The first-order valence-corrected chi connectivity index (χ1v) is 7.53. The van der Waals surface area contributed by atoms with Gasteiger partial charge in [0.05, 0.1) is 12.5 Å². The molecule has 1 unspecified atom stereocenters. The summed E-state index contributed by atoms with van der Waals surface area (Å²) in [6.45, 7) is 2.41. The molecule has 1 heterocycles. The Kier molecular flexibility index (Phi) is 5.31. The van der Waals surface area contributed by atoms with E-state index in [9.17, 15) is 18.8 Å². The van der Waals surface area contributed by atoms with Crippen LogP contribution in [0.5, 0.6) is 0 Å². The number of nitrogens with zero attached hydrogens (tertiary/aromatic N) is 1. The third-order valence-electron chi connectivity index (χ3n) is 3.68. The fraction of sp³-hybridized carbons (Fsp3) is 0.438. The molecule has 1 atom stereocenters. The van der Waals surface area contributed by atoms with Crippen LogP contribution in [0, 0.1) is 5.82 Å². The summed E-state index contributed by atoms with van der Waals surface area (Å²) in [4.78, 5) is 37.3. The highest BCUT2D eigenvalue weighted by Gasteiger charge is 2.33. The van der Waals surface area contributed by atoms with E-state index in [1.807, 2.05) is 6.92 Å². The van der Waals surface area contributed by atoms with Crippen LogP contribution in [-0.4, -0.2) is 42.8 Å². The van der Waals surface area contributed by atoms with Gasteiger partial charge in [-0.05, 0) is 24.1 Å². The van der Waals surface area contributed by atoms with Crippen molar-refractivity contribution in [2.45, 2.75) is 25.7 Å². The van der Waals surface area contributed by atoms with E-state index in [4.69, 9.17) is 0 Å². The molecule has 6 nitrogen and oxygen atoms in total. The molecule has 124 valence electrons. The quantitative estimate of drug-likeness (QED) is 0.856. The van der Waals surface area contributed by atoms with Crippen LogP contribution in [0.4, 0.5) is 10.1 Å². The molecule has 0 bridgehead atoms. The third-order valence-corrected chi connectivity index (χ3v) is 3.68. The summed E-state index contributed by atoms with van der Waals surface area (Å²) in [6.07, 6.45) is 0.795. The highest BCUT2D eigenvalue weighted by Crippen LogP contribution is 2.33. The van der Waals surface area contributed by atoms with Crippen molar-refractivity contribution in [1.82, 2.24) is 10.2 Å². The first-order valence-electron chi connectivity index (χ1n) is 7.53. The van der Waals surface area contributed by atoms with Gasteiger partial charge in [0.25, 0.3) is 0 Å². The Hall–Kier alpha value is -2.44. The van der Waals surface area contributed by atoms with Crippen LogP contribution in [-0.2, 0) is 14.4 Å². The van der Waals surface area contributed by atoms with Crippen LogP contribution in [0.3, 0.4) is 0 Å². The molecule has 0 aliphatic carbocycles. The maximum atomic E-state index is 13.3. The first-order chi connectivity index (χ1) is 10.9. The molecule has 0 fully saturated rings. The number of anilines is 1. The number of rotatable bonds is 5. The lowest BCUT2D eigenvalue weighted by molar-refractivity contribution is -0.137. The van der Waals surface area contributed by atoms with E-state index < -0.39 is 11.7 Å². The zero-order valence-electron chi connectivity index (χ0n) is 13.2. The van der Waals surface area contributed by atoms with Crippen molar-refractivity contribution in [3.63, 3.8) is 0 Å². The third kappa shape index (κ3) is 4.06. The number of fused-ring (bicyclic) bond motifs is 1. The second kappa shape index (κ2) is 7.21. The van der Waals surface area contributed by atoms with Crippen molar-refractivity contribution in [3.8, 4) is 0 Å². The van der Waals surface area contributed by atoms with E-state index in [0.717, 1.165) is 6.42 Å². The molecule has 1 aliphatic heterocycles. The Morgan fingerprint density at radius 1 is 1.43 bits per heavy atom. The summed E-state index contributed by atoms with van der Waals surface area (Å²) in [5.74, 6) is -2.11. The number of hydrogen-bond acceptors (Lipinski definition) is 3. The molecular formula is C16H20FN3O3. The summed E-state index contributed by atoms with van der Waals surface area (Å²) in [5.41, 5.74) is 0.875. The molecule has 7 heteroatoms. The molecule has 1 aromatic carbocycles. The normalized spacial score (nSPS) is 16.3.